The summed E-state index contributed by atoms with van der Waals surface area (Å²) in [6.07, 6.45) is 5.12. The molecule has 1 saturated carbocycles. The van der Waals surface area contributed by atoms with Crippen LogP contribution < -0.4 is 5.73 Å². The second kappa shape index (κ2) is 3.71. The Kier molecular flexibility index (Phi) is 2.87. The SMILES string of the molecule is CC(C)(C)C1(C)CCN(CC2(N)CC2)CC1. The number of nitrogens with zero attached hydrogens (tertiary/aromatic N) is 1. The molecule has 0 aromatic rings. The third-order valence-corrected chi connectivity index (χ3v) is 5.20. The minimum Gasteiger partial charge on any atom is -0.324 e. The third-order valence-electron chi connectivity index (χ3n) is 5.20. The van der Waals surface area contributed by atoms with Crippen molar-refractivity contribution in [1.82, 2.24) is 4.90 Å². The smallest absolute Gasteiger partial charge is 0.0284 e. The van der Waals surface area contributed by atoms with E-state index in [9.17, 15) is 0 Å². The summed E-state index contributed by atoms with van der Waals surface area (Å²) in [5.74, 6) is 0. The normalized spacial score (nSPS) is 29.1. The van der Waals surface area contributed by atoms with Gasteiger partial charge in [-0.15, -0.1) is 0 Å². The van der Waals surface area contributed by atoms with Gasteiger partial charge in [-0.3, -0.25) is 0 Å². The van der Waals surface area contributed by atoms with Gasteiger partial charge in [0.05, 0.1) is 0 Å². The molecule has 2 fully saturated rings. The molecule has 1 heterocycles. The Hall–Kier alpha value is -0.0800. The fraction of sp³-hybridized carbons (Fsp3) is 1.00. The first-order chi connectivity index (χ1) is 7.24. The summed E-state index contributed by atoms with van der Waals surface area (Å²) in [6.45, 7) is 13.2. The van der Waals surface area contributed by atoms with Gasteiger partial charge in [0.2, 0.25) is 0 Å². The van der Waals surface area contributed by atoms with E-state index in [1.807, 2.05) is 0 Å². The fourth-order valence-electron chi connectivity index (χ4n) is 2.72. The molecule has 1 aliphatic heterocycles. The topological polar surface area (TPSA) is 29.3 Å². The van der Waals surface area contributed by atoms with Gasteiger partial charge in [-0.25, -0.2) is 0 Å². The zero-order chi connectivity index (χ0) is 12.0. The number of piperidine rings is 1. The van der Waals surface area contributed by atoms with E-state index in [1.54, 1.807) is 0 Å². The van der Waals surface area contributed by atoms with Gasteiger partial charge in [0.1, 0.15) is 0 Å². The average Bonchev–Trinajstić information content (AvgIpc) is 2.86. The molecule has 0 unspecified atom stereocenters. The lowest BCUT2D eigenvalue weighted by Crippen LogP contribution is -2.48. The Balaban J connectivity index is 1.86. The van der Waals surface area contributed by atoms with Crippen LogP contribution in [0.5, 0.6) is 0 Å². The van der Waals surface area contributed by atoms with Crippen LogP contribution in [0.25, 0.3) is 0 Å². The van der Waals surface area contributed by atoms with E-state index in [1.165, 1.54) is 38.8 Å². The van der Waals surface area contributed by atoms with Crippen molar-refractivity contribution in [2.45, 2.75) is 58.9 Å². The predicted octanol–water partition coefficient (Wildman–Crippen LogP) is 2.63. The summed E-state index contributed by atoms with van der Waals surface area (Å²) in [5, 5.41) is 0. The molecule has 94 valence electrons. The molecule has 0 aromatic heterocycles. The van der Waals surface area contributed by atoms with Crippen LogP contribution in [0.15, 0.2) is 0 Å². The third kappa shape index (κ3) is 2.43. The number of rotatable bonds is 2. The lowest BCUT2D eigenvalue weighted by atomic mass is 9.63. The molecular weight excluding hydrogens is 196 g/mol. The van der Waals surface area contributed by atoms with Crippen LogP contribution in [0.4, 0.5) is 0 Å². The Bertz CT molecular complexity index is 252. The molecule has 0 amide bonds. The Labute approximate surface area is 101 Å². The molecule has 0 atom stereocenters. The summed E-state index contributed by atoms with van der Waals surface area (Å²) in [5.41, 5.74) is 7.32. The Morgan fingerprint density at radius 3 is 1.94 bits per heavy atom. The van der Waals surface area contributed by atoms with E-state index in [0.29, 0.717) is 10.8 Å². The second-order valence-corrected chi connectivity index (χ2v) is 7.45. The van der Waals surface area contributed by atoms with Crippen LogP contribution in [0.2, 0.25) is 0 Å². The molecule has 0 aromatic carbocycles. The number of likely N-dealkylation sites (tertiary alicyclic amines) is 1. The summed E-state index contributed by atoms with van der Waals surface area (Å²) in [6, 6.07) is 0. The van der Waals surface area contributed by atoms with Crippen LogP contribution in [0.1, 0.15) is 53.4 Å². The Morgan fingerprint density at radius 2 is 1.56 bits per heavy atom. The van der Waals surface area contributed by atoms with Crippen LogP contribution in [0.3, 0.4) is 0 Å². The molecule has 2 nitrogen and oxygen atoms in total. The highest BCUT2D eigenvalue weighted by atomic mass is 15.2. The number of hydrogen-bond acceptors (Lipinski definition) is 2. The predicted molar refractivity (Wildman–Crippen MR) is 69.4 cm³/mol. The molecule has 2 heteroatoms. The Morgan fingerprint density at radius 1 is 1.06 bits per heavy atom. The van der Waals surface area contributed by atoms with Crippen LogP contribution >= 0.6 is 0 Å². The van der Waals surface area contributed by atoms with Crippen molar-refractivity contribution < 1.29 is 0 Å². The van der Waals surface area contributed by atoms with Crippen molar-refractivity contribution in [3.05, 3.63) is 0 Å². The standard InChI is InChI=1S/C14H28N2/c1-12(2,3)13(4)7-9-16(10-8-13)11-14(15)5-6-14/h5-11,15H2,1-4H3. The largest absolute Gasteiger partial charge is 0.324 e. The van der Waals surface area contributed by atoms with E-state index in [2.05, 4.69) is 32.6 Å². The zero-order valence-corrected chi connectivity index (χ0v) is 11.5. The van der Waals surface area contributed by atoms with Gasteiger partial charge < -0.3 is 10.6 Å². The second-order valence-electron chi connectivity index (χ2n) is 7.45. The van der Waals surface area contributed by atoms with Gasteiger partial charge >= 0.3 is 0 Å². The van der Waals surface area contributed by atoms with Gasteiger partial charge in [-0.1, -0.05) is 27.7 Å². The highest BCUT2D eigenvalue weighted by Crippen LogP contribution is 2.46. The first kappa shape index (κ1) is 12.4. The lowest BCUT2D eigenvalue weighted by Gasteiger charge is -2.48. The first-order valence-electron chi connectivity index (χ1n) is 6.76. The summed E-state index contributed by atoms with van der Waals surface area (Å²) >= 11 is 0. The van der Waals surface area contributed by atoms with E-state index in [4.69, 9.17) is 5.73 Å². The van der Waals surface area contributed by atoms with Gasteiger partial charge in [-0.05, 0) is 49.6 Å². The molecule has 2 aliphatic rings. The highest BCUT2D eigenvalue weighted by Gasteiger charge is 2.43. The average molecular weight is 224 g/mol. The van der Waals surface area contributed by atoms with Crippen molar-refractivity contribution in [1.29, 1.82) is 0 Å². The highest BCUT2D eigenvalue weighted by molar-refractivity contribution is 5.02. The molecule has 16 heavy (non-hydrogen) atoms. The van der Waals surface area contributed by atoms with E-state index >= 15 is 0 Å². The summed E-state index contributed by atoms with van der Waals surface area (Å²) < 4.78 is 0. The first-order valence-corrected chi connectivity index (χ1v) is 6.76. The van der Waals surface area contributed by atoms with E-state index in [0.717, 1.165) is 6.54 Å². The van der Waals surface area contributed by atoms with Gasteiger partial charge in [0, 0.05) is 12.1 Å². The molecule has 2 rings (SSSR count). The maximum Gasteiger partial charge on any atom is 0.0284 e. The molecule has 1 saturated heterocycles. The van der Waals surface area contributed by atoms with Crippen molar-refractivity contribution >= 4 is 0 Å². The monoisotopic (exact) mass is 224 g/mol. The molecule has 1 aliphatic carbocycles. The maximum absolute atomic E-state index is 6.19. The van der Waals surface area contributed by atoms with Crippen molar-refractivity contribution in [2.24, 2.45) is 16.6 Å². The molecule has 0 bridgehead atoms. The fourth-order valence-corrected chi connectivity index (χ4v) is 2.72. The number of hydrogen-bond donors (Lipinski definition) is 1. The van der Waals surface area contributed by atoms with Crippen molar-refractivity contribution in [3.8, 4) is 0 Å². The van der Waals surface area contributed by atoms with Crippen LogP contribution in [-0.2, 0) is 0 Å². The zero-order valence-electron chi connectivity index (χ0n) is 11.5. The van der Waals surface area contributed by atoms with Gasteiger partial charge in [0.15, 0.2) is 0 Å². The van der Waals surface area contributed by atoms with Crippen LogP contribution in [-0.4, -0.2) is 30.1 Å². The maximum atomic E-state index is 6.19. The lowest BCUT2D eigenvalue weighted by molar-refractivity contribution is 0.0198. The summed E-state index contributed by atoms with van der Waals surface area (Å²) in [7, 11) is 0. The minimum atomic E-state index is 0.190. The number of nitrogens with two attached hydrogens (primary N) is 1. The minimum absolute atomic E-state index is 0.190. The quantitative estimate of drug-likeness (QED) is 0.781. The van der Waals surface area contributed by atoms with Gasteiger partial charge in [0.25, 0.3) is 0 Å². The van der Waals surface area contributed by atoms with Crippen molar-refractivity contribution in [3.63, 3.8) is 0 Å². The molecule has 0 radical (unpaired) electrons. The van der Waals surface area contributed by atoms with E-state index in [-0.39, 0.29) is 5.54 Å². The summed E-state index contributed by atoms with van der Waals surface area (Å²) in [4.78, 5) is 2.58. The van der Waals surface area contributed by atoms with Gasteiger partial charge in [-0.2, -0.15) is 0 Å². The molecular formula is C14H28N2. The van der Waals surface area contributed by atoms with Crippen molar-refractivity contribution in [2.75, 3.05) is 19.6 Å². The molecule has 0 spiro atoms. The van der Waals surface area contributed by atoms with Crippen LogP contribution in [0, 0.1) is 10.8 Å². The van der Waals surface area contributed by atoms with E-state index < -0.39 is 0 Å². The molecule has 2 N–H and O–H groups in total.